The molecule has 110 valence electrons. The molecule has 0 aromatic heterocycles. The molecule has 0 atom stereocenters. The van der Waals surface area contributed by atoms with Gasteiger partial charge in [0.15, 0.2) is 0 Å². The Balaban J connectivity index is 2.35. The number of hydrogen-bond donors (Lipinski definition) is 3. The molecule has 0 unspecified atom stereocenters. The number of benzene rings is 1. The molecule has 1 aliphatic heterocycles. The van der Waals surface area contributed by atoms with Crippen LogP contribution in [0.1, 0.15) is 17.5 Å². The van der Waals surface area contributed by atoms with Gasteiger partial charge in [-0.25, -0.2) is 13.1 Å². The second kappa shape index (κ2) is 5.80. The van der Waals surface area contributed by atoms with Gasteiger partial charge in [0.05, 0.1) is 11.4 Å². The average molecular weight is 297 g/mol. The van der Waals surface area contributed by atoms with Crippen LogP contribution in [-0.2, 0) is 21.2 Å². The van der Waals surface area contributed by atoms with Gasteiger partial charge < -0.3 is 10.6 Å². The summed E-state index contributed by atoms with van der Waals surface area (Å²) in [6, 6.07) is 3.39. The molecule has 1 aromatic rings. The molecule has 0 radical (unpaired) electrons. The first-order valence-electron chi connectivity index (χ1n) is 6.52. The van der Waals surface area contributed by atoms with Crippen molar-refractivity contribution in [3.63, 3.8) is 0 Å². The van der Waals surface area contributed by atoms with E-state index >= 15 is 0 Å². The van der Waals surface area contributed by atoms with Crippen LogP contribution in [0.15, 0.2) is 17.0 Å². The van der Waals surface area contributed by atoms with E-state index in [9.17, 15) is 13.2 Å². The Morgan fingerprint density at radius 2 is 2.15 bits per heavy atom. The second-order valence-electron chi connectivity index (χ2n) is 4.76. The molecule has 1 amide bonds. The Kier molecular flexibility index (Phi) is 4.29. The zero-order valence-corrected chi connectivity index (χ0v) is 12.4. The highest BCUT2D eigenvalue weighted by Gasteiger charge is 2.23. The van der Waals surface area contributed by atoms with Crippen LogP contribution in [-0.4, -0.2) is 34.5 Å². The largest absolute Gasteiger partial charge is 0.385 e. The maximum absolute atomic E-state index is 12.3. The number of carbonyl (C=O) groups is 1. The van der Waals surface area contributed by atoms with Crippen LogP contribution in [0.2, 0.25) is 0 Å². The molecule has 0 aliphatic carbocycles. The standard InChI is InChI=1S/C13H19N3O3S/c1-9-5-6-11(10-4-3-7-15-13(9)10)20(18,19)16-8-12(17)14-2/h5-6,15-16H,3-4,7-8H2,1-2H3,(H,14,17). The van der Waals surface area contributed by atoms with E-state index in [1.54, 1.807) is 12.1 Å². The third-order valence-corrected chi connectivity index (χ3v) is 4.86. The molecule has 0 saturated carbocycles. The number of aryl methyl sites for hydroxylation is 1. The lowest BCUT2D eigenvalue weighted by molar-refractivity contribution is -0.119. The van der Waals surface area contributed by atoms with E-state index in [-0.39, 0.29) is 17.3 Å². The molecule has 0 spiro atoms. The molecule has 1 heterocycles. The van der Waals surface area contributed by atoms with E-state index in [2.05, 4.69) is 15.4 Å². The molecule has 0 fully saturated rings. The van der Waals surface area contributed by atoms with Crippen molar-refractivity contribution in [1.29, 1.82) is 0 Å². The maximum atomic E-state index is 12.3. The lowest BCUT2D eigenvalue weighted by atomic mass is 10.00. The van der Waals surface area contributed by atoms with Gasteiger partial charge in [-0.3, -0.25) is 4.79 Å². The number of anilines is 1. The summed E-state index contributed by atoms with van der Waals surface area (Å²) in [5, 5.41) is 5.63. The number of sulfonamides is 1. The predicted molar refractivity (Wildman–Crippen MR) is 77.2 cm³/mol. The van der Waals surface area contributed by atoms with Gasteiger partial charge in [0.25, 0.3) is 0 Å². The van der Waals surface area contributed by atoms with Gasteiger partial charge in [0.1, 0.15) is 0 Å². The monoisotopic (exact) mass is 297 g/mol. The van der Waals surface area contributed by atoms with Crippen LogP contribution >= 0.6 is 0 Å². The molecule has 2 rings (SSSR count). The van der Waals surface area contributed by atoms with E-state index in [4.69, 9.17) is 0 Å². The van der Waals surface area contributed by atoms with Crippen LogP contribution in [0.25, 0.3) is 0 Å². The average Bonchev–Trinajstić information content (AvgIpc) is 2.45. The zero-order chi connectivity index (χ0) is 14.8. The first-order chi connectivity index (χ1) is 9.45. The minimum absolute atomic E-state index is 0.255. The zero-order valence-electron chi connectivity index (χ0n) is 11.6. The Hall–Kier alpha value is -1.60. The SMILES string of the molecule is CNC(=O)CNS(=O)(=O)c1ccc(C)c2c1CCCN2. The van der Waals surface area contributed by atoms with E-state index in [0.29, 0.717) is 0 Å². The number of likely N-dealkylation sites (N-methyl/N-ethyl adjacent to an activating group) is 1. The van der Waals surface area contributed by atoms with Crippen molar-refractivity contribution in [1.82, 2.24) is 10.0 Å². The topological polar surface area (TPSA) is 87.3 Å². The molecule has 0 saturated heterocycles. The van der Waals surface area contributed by atoms with Crippen molar-refractivity contribution in [2.24, 2.45) is 0 Å². The fraction of sp³-hybridized carbons (Fsp3) is 0.462. The molecule has 7 heteroatoms. The van der Waals surface area contributed by atoms with Gasteiger partial charge in [-0.1, -0.05) is 6.07 Å². The highest BCUT2D eigenvalue weighted by Crippen LogP contribution is 2.31. The molecule has 1 aromatic carbocycles. The Labute approximate surface area is 119 Å². The molecule has 1 aliphatic rings. The lowest BCUT2D eigenvalue weighted by Crippen LogP contribution is -2.35. The van der Waals surface area contributed by atoms with Crippen molar-refractivity contribution in [2.75, 3.05) is 25.5 Å². The van der Waals surface area contributed by atoms with Crippen LogP contribution in [0.4, 0.5) is 5.69 Å². The molecule has 0 bridgehead atoms. The Bertz CT molecular complexity index is 626. The van der Waals surface area contributed by atoms with E-state index in [1.807, 2.05) is 6.92 Å². The predicted octanol–water partition coefficient (Wildman–Crippen LogP) is 0.377. The Morgan fingerprint density at radius 3 is 2.85 bits per heavy atom. The summed E-state index contributed by atoms with van der Waals surface area (Å²) in [4.78, 5) is 11.4. The van der Waals surface area contributed by atoms with Gasteiger partial charge in [-0.05, 0) is 37.0 Å². The highest BCUT2D eigenvalue weighted by atomic mass is 32.2. The third kappa shape index (κ3) is 2.94. The lowest BCUT2D eigenvalue weighted by Gasteiger charge is -2.23. The second-order valence-corrected chi connectivity index (χ2v) is 6.50. The summed E-state index contributed by atoms with van der Waals surface area (Å²) < 4.78 is 27.0. The highest BCUT2D eigenvalue weighted by molar-refractivity contribution is 7.89. The summed E-state index contributed by atoms with van der Waals surface area (Å²) in [6.45, 7) is 2.55. The number of rotatable bonds is 4. The van der Waals surface area contributed by atoms with Crippen LogP contribution in [0.5, 0.6) is 0 Å². The number of amides is 1. The number of carbonyl (C=O) groups excluding carboxylic acids is 1. The fourth-order valence-corrected chi connectivity index (χ4v) is 3.55. The number of fused-ring (bicyclic) bond motifs is 1. The minimum Gasteiger partial charge on any atom is -0.385 e. The van der Waals surface area contributed by atoms with Gasteiger partial charge in [-0.2, -0.15) is 0 Å². The van der Waals surface area contributed by atoms with Crippen molar-refractivity contribution in [2.45, 2.75) is 24.7 Å². The van der Waals surface area contributed by atoms with Gasteiger partial charge in [0, 0.05) is 19.3 Å². The van der Waals surface area contributed by atoms with Crippen LogP contribution in [0, 0.1) is 6.92 Å². The van der Waals surface area contributed by atoms with Crippen LogP contribution in [0.3, 0.4) is 0 Å². The summed E-state index contributed by atoms with van der Waals surface area (Å²) in [6.07, 6.45) is 1.62. The first kappa shape index (κ1) is 14.8. The van der Waals surface area contributed by atoms with Gasteiger partial charge in [0.2, 0.25) is 15.9 Å². The van der Waals surface area contributed by atoms with Crippen molar-refractivity contribution >= 4 is 21.6 Å². The van der Waals surface area contributed by atoms with Crippen LogP contribution < -0.4 is 15.4 Å². The first-order valence-corrected chi connectivity index (χ1v) is 8.00. The van der Waals surface area contributed by atoms with Gasteiger partial charge >= 0.3 is 0 Å². The van der Waals surface area contributed by atoms with Crippen molar-refractivity contribution < 1.29 is 13.2 Å². The smallest absolute Gasteiger partial charge is 0.241 e. The summed E-state index contributed by atoms with van der Waals surface area (Å²) >= 11 is 0. The van der Waals surface area contributed by atoms with Gasteiger partial charge in [-0.15, -0.1) is 0 Å². The maximum Gasteiger partial charge on any atom is 0.241 e. The molecular weight excluding hydrogens is 278 g/mol. The Morgan fingerprint density at radius 1 is 1.40 bits per heavy atom. The third-order valence-electron chi connectivity index (χ3n) is 3.37. The minimum atomic E-state index is -3.67. The number of nitrogens with one attached hydrogen (secondary N) is 3. The van der Waals surface area contributed by atoms with Crippen molar-refractivity contribution in [3.8, 4) is 0 Å². The quantitative estimate of drug-likeness (QED) is 0.749. The normalized spacial score (nSPS) is 14.3. The van der Waals surface area contributed by atoms with E-state index in [1.165, 1.54) is 7.05 Å². The number of hydrogen-bond acceptors (Lipinski definition) is 4. The van der Waals surface area contributed by atoms with Crippen molar-refractivity contribution in [3.05, 3.63) is 23.3 Å². The fourth-order valence-electron chi connectivity index (χ4n) is 2.30. The molecule has 20 heavy (non-hydrogen) atoms. The van der Waals surface area contributed by atoms with E-state index in [0.717, 1.165) is 36.2 Å². The summed E-state index contributed by atoms with van der Waals surface area (Å²) in [5.74, 6) is -0.368. The molecule has 6 nitrogen and oxygen atoms in total. The molecular formula is C13H19N3O3S. The molecule has 3 N–H and O–H groups in total. The van der Waals surface area contributed by atoms with E-state index < -0.39 is 10.0 Å². The summed E-state index contributed by atoms with van der Waals surface area (Å²) in [5.41, 5.74) is 2.74. The summed E-state index contributed by atoms with van der Waals surface area (Å²) in [7, 11) is -2.21.